The highest BCUT2D eigenvalue weighted by Gasteiger charge is 2.21. The average Bonchev–Trinajstić information content (AvgIpc) is 3.38. The third-order valence-corrected chi connectivity index (χ3v) is 6.75. The monoisotopic (exact) mass is 455 g/mol. The number of nitrogens with zero attached hydrogens (tertiary/aromatic N) is 3. The fraction of sp³-hybridized carbons (Fsp3) is 0.222. The lowest BCUT2D eigenvalue weighted by Gasteiger charge is -2.25. The maximum absolute atomic E-state index is 12.6. The first-order chi connectivity index (χ1) is 16.3. The van der Waals surface area contributed by atoms with Gasteiger partial charge in [-0.2, -0.15) is 0 Å². The highest BCUT2D eigenvalue weighted by molar-refractivity contribution is 7.98. The summed E-state index contributed by atoms with van der Waals surface area (Å²) in [6.45, 7) is 1.64. The highest BCUT2D eigenvalue weighted by atomic mass is 32.2. The van der Waals surface area contributed by atoms with Crippen molar-refractivity contribution in [3.05, 3.63) is 90.4 Å². The van der Waals surface area contributed by atoms with Crippen LogP contribution in [0.1, 0.15) is 35.6 Å². The van der Waals surface area contributed by atoms with Gasteiger partial charge in [-0.15, -0.1) is 10.2 Å². The number of rotatable bonds is 6. The molecule has 0 spiro atoms. The standard InChI is InChI=1S/C27H25N3O2S/c31-27(30-17-5-2-6-18-30)25-15-13-23(32-25)19-33-26-16-14-24(28-29-26)22-11-9-21(10-12-22)20-7-3-1-4-8-20/h1,3-4,7-16H,2,5-6,17-19H2. The summed E-state index contributed by atoms with van der Waals surface area (Å²) in [4.78, 5) is 14.4. The van der Waals surface area contributed by atoms with Crippen molar-refractivity contribution in [3.8, 4) is 22.4 Å². The zero-order valence-corrected chi connectivity index (χ0v) is 19.1. The minimum Gasteiger partial charge on any atom is -0.455 e. The number of furan rings is 1. The van der Waals surface area contributed by atoms with E-state index in [-0.39, 0.29) is 5.91 Å². The topological polar surface area (TPSA) is 59.2 Å². The van der Waals surface area contributed by atoms with Gasteiger partial charge in [0.05, 0.1) is 11.4 Å². The molecule has 3 heterocycles. The molecule has 0 bridgehead atoms. The van der Waals surface area contributed by atoms with E-state index in [1.54, 1.807) is 17.8 Å². The van der Waals surface area contributed by atoms with Crippen molar-refractivity contribution >= 4 is 17.7 Å². The average molecular weight is 456 g/mol. The van der Waals surface area contributed by atoms with Gasteiger partial charge in [-0.1, -0.05) is 66.4 Å². The molecule has 5 nitrogen and oxygen atoms in total. The summed E-state index contributed by atoms with van der Waals surface area (Å²) in [5.74, 6) is 1.79. The molecule has 1 fully saturated rings. The van der Waals surface area contributed by atoms with E-state index in [2.05, 4.69) is 46.6 Å². The zero-order valence-electron chi connectivity index (χ0n) is 18.3. The number of amides is 1. The number of likely N-dealkylation sites (tertiary alicyclic amines) is 1. The predicted octanol–water partition coefficient (Wildman–Crippen LogP) is 6.32. The Labute approximate surface area is 197 Å². The minimum atomic E-state index is -0.00613. The first kappa shape index (κ1) is 21.5. The lowest BCUT2D eigenvalue weighted by molar-refractivity contribution is 0.0690. The number of hydrogen-bond donors (Lipinski definition) is 0. The molecule has 1 aliphatic rings. The van der Waals surface area contributed by atoms with Crippen LogP contribution in [-0.2, 0) is 5.75 Å². The van der Waals surface area contributed by atoms with Gasteiger partial charge in [0.1, 0.15) is 10.8 Å². The number of benzene rings is 2. The van der Waals surface area contributed by atoms with Gasteiger partial charge in [-0.05, 0) is 54.7 Å². The number of carbonyl (C=O) groups excluding carboxylic acids is 1. The van der Waals surface area contributed by atoms with Gasteiger partial charge in [0.2, 0.25) is 0 Å². The number of hydrogen-bond acceptors (Lipinski definition) is 5. The van der Waals surface area contributed by atoms with Crippen LogP contribution in [0.3, 0.4) is 0 Å². The number of thioether (sulfide) groups is 1. The summed E-state index contributed by atoms with van der Waals surface area (Å²) in [5, 5.41) is 9.58. The summed E-state index contributed by atoms with van der Waals surface area (Å²) < 4.78 is 5.80. The molecular weight excluding hydrogens is 430 g/mol. The maximum Gasteiger partial charge on any atom is 0.289 e. The van der Waals surface area contributed by atoms with Crippen LogP contribution < -0.4 is 0 Å². The molecule has 166 valence electrons. The van der Waals surface area contributed by atoms with Crippen molar-refractivity contribution < 1.29 is 9.21 Å². The van der Waals surface area contributed by atoms with Gasteiger partial charge >= 0.3 is 0 Å². The minimum absolute atomic E-state index is 0.00613. The van der Waals surface area contributed by atoms with Crippen LogP contribution in [0.15, 0.2) is 88.3 Å². The number of aromatic nitrogens is 2. The number of carbonyl (C=O) groups is 1. The second-order valence-electron chi connectivity index (χ2n) is 8.11. The van der Waals surface area contributed by atoms with Crippen LogP contribution in [0.5, 0.6) is 0 Å². The third-order valence-electron chi connectivity index (χ3n) is 5.81. The Hall–Kier alpha value is -3.38. The molecule has 2 aromatic heterocycles. The van der Waals surface area contributed by atoms with E-state index in [9.17, 15) is 4.79 Å². The van der Waals surface area contributed by atoms with E-state index < -0.39 is 0 Å². The molecule has 0 saturated carbocycles. The SMILES string of the molecule is O=C(c1ccc(CSc2ccc(-c3ccc(-c4ccccc4)cc3)nn2)o1)N1CCCCC1. The third kappa shape index (κ3) is 5.17. The summed E-state index contributed by atoms with van der Waals surface area (Å²) in [7, 11) is 0. The lowest BCUT2D eigenvalue weighted by Crippen LogP contribution is -2.35. The van der Waals surface area contributed by atoms with Gasteiger partial charge in [-0.25, -0.2) is 0 Å². The normalized spacial score (nSPS) is 13.8. The Bertz CT molecular complexity index is 1200. The van der Waals surface area contributed by atoms with Crippen molar-refractivity contribution in [2.24, 2.45) is 0 Å². The summed E-state index contributed by atoms with van der Waals surface area (Å²) in [5.41, 5.74) is 4.24. The van der Waals surface area contributed by atoms with E-state index in [1.807, 2.05) is 41.3 Å². The summed E-state index contributed by atoms with van der Waals surface area (Å²) >= 11 is 1.55. The smallest absolute Gasteiger partial charge is 0.289 e. The second kappa shape index (κ2) is 10.0. The Morgan fingerprint density at radius 3 is 2.24 bits per heavy atom. The molecule has 0 aliphatic carbocycles. The molecule has 2 aromatic carbocycles. The molecule has 1 aliphatic heterocycles. The lowest BCUT2D eigenvalue weighted by atomic mass is 10.0. The second-order valence-corrected chi connectivity index (χ2v) is 9.10. The van der Waals surface area contributed by atoms with Crippen molar-refractivity contribution in [3.63, 3.8) is 0 Å². The van der Waals surface area contributed by atoms with E-state index in [1.165, 1.54) is 17.5 Å². The summed E-state index contributed by atoms with van der Waals surface area (Å²) in [6.07, 6.45) is 3.34. The molecular formula is C27H25N3O2S. The van der Waals surface area contributed by atoms with Crippen molar-refractivity contribution in [2.45, 2.75) is 30.0 Å². The van der Waals surface area contributed by atoms with Crippen LogP contribution in [0, 0.1) is 0 Å². The van der Waals surface area contributed by atoms with E-state index in [4.69, 9.17) is 4.42 Å². The molecule has 5 rings (SSSR count). The van der Waals surface area contributed by atoms with E-state index in [0.717, 1.165) is 48.0 Å². The Balaban J connectivity index is 1.18. The summed E-state index contributed by atoms with van der Waals surface area (Å²) in [6, 6.07) is 26.3. The Morgan fingerprint density at radius 2 is 1.52 bits per heavy atom. The van der Waals surface area contributed by atoms with Crippen LogP contribution in [0.2, 0.25) is 0 Å². The van der Waals surface area contributed by atoms with Gasteiger partial charge in [0.15, 0.2) is 5.76 Å². The van der Waals surface area contributed by atoms with Crippen molar-refractivity contribution in [1.82, 2.24) is 15.1 Å². The molecule has 4 aromatic rings. The van der Waals surface area contributed by atoms with Crippen LogP contribution in [0.25, 0.3) is 22.4 Å². The molecule has 0 radical (unpaired) electrons. The van der Waals surface area contributed by atoms with Gasteiger partial charge in [0, 0.05) is 18.7 Å². The molecule has 1 saturated heterocycles. The highest BCUT2D eigenvalue weighted by Crippen LogP contribution is 2.26. The van der Waals surface area contributed by atoms with Crippen molar-refractivity contribution in [1.29, 1.82) is 0 Å². The molecule has 33 heavy (non-hydrogen) atoms. The maximum atomic E-state index is 12.6. The molecule has 0 N–H and O–H groups in total. The van der Waals surface area contributed by atoms with Crippen LogP contribution in [0.4, 0.5) is 0 Å². The fourth-order valence-electron chi connectivity index (χ4n) is 3.98. The zero-order chi connectivity index (χ0) is 22.5. The molecule has 1 amide bonds. The number of piperidine rings is 1. The predicted molar refractivity (Wildman–Crippen MR) is 131 cm³/mol. The van der Waals surface area contributed by atoms with Gasteiger partial charge in [0.25, 0.3) is 5.91 Å². The van der Waals surface area contributed by atoms with Crippen LogP contribution >= 0.6 is 11.8 Å². The van der Waals surface area contributed by atoms with E-state index in [0.29, 0.717) is 11.5 Å². The Kier molecular flexibility index (Phi) is 6.53. The van der Waals surface area contributed by atoms with Gasteiger partial charge < -0.3 is 9.32 Å². The molecule has 6 heteroatoms. The molecule has 0 atom stereocenters. The van der Waals surface area contributed by atoms with Gasteiger partial charge in [-0.3, -0.25) is 4.79 Å². The van der Waals surface area contributed by atoms with Crippen LogP contribution in [-0.4, -0.2) is 34.1 Å². The first-order valence-electron chi connectivity index (χ1n) is 11.3. The fourth-order valence-corrected chi connectivity index (χ4v) is 4.69. The van der Waals surface area contributed by atoms with E-state index >= 15 is 0 Å². The largest absolute Gasteiger partial charge is 0.455 e. The molecule has 0 unspecified atom stereocenters. The first-order valence-corrected chi connectivity index (χ1v) is 12.3. The Morgan fingerprint density at radius 1 is 0.788 bits per heavy atom. The quantitative estimate of drug-likeness (QED) is 0.318. The van der Waals surface area contributed by atoms with Crippen molar-refractivity contribution in [2.75, 3.05) is 13.1 Å².